The third kappa shape index (κ3) is 3.96. The number of amides is 2. The van der Waals surface area contributed by atoms with Crippen molar-refractivity contribution in [3.05, 3.63) is 28.2 Å². The van der Waals surface area contributed by atoms with E-state index in [9.17, 15) is 9.59 Å². The first-order valence-corrected chi connectivity index (χ1v) is 7.34. The van der Waals surface area contributed by atoms with Crippen molar-refractivity contribution in [2.75, 3.05) is 18.8 Å². The largest absolute Gasteiger partial charge is 0.398 e. The monoisotopic (exact) mass is 341 g/mol. The molecule has 0 aromatic heterocycles. The first-order chi connectivity index (χ1) is 9.40. The van der Waals surface area contributed by atoms with Crippen LogP contribution in [0.4, 0.5) is 5.69 Å². The SMILES string of the molecule is CCN(CC)C(=O)C(C)NC(=O)c1ccc(Br)c(N)c1. The fourth-order valence-corrected chi connectivity index (χ4v) is 2.08. The van der Waals surface area contributed by atoms with Gasteiger partial charge in [-0.15, -0.1) is 0 Å². The van der Waals surface area contributed by atoms with Crippen molar-refractivity contribution in [3.8, 4) is 0 Å². The summed E-state index contributed by atoms with van der Waals surface area (Å²) in [6.07, 6.45) is 0. The first kappa shape index (κ1) is 16.5. The number of likely N-dealkylation sites (N-methyl/N-ethyl adjacent to an activating group) is 1. The summed E-state index contributed by atoms with van der Waals surface area (Å²) in [5.74, 6) is -0.398. The molecule has 1 atom stereocenters. The number of nitrogens with two attached hydrogens (primary N) is 1. The molecule has 0 aliphatic rings. The molecule has 1 aromatic rings. The Hall–Kier alpha value is -1.56. The number of nitrogens with zero attached hydrogens (tertiary/aromatic N) is 1. The number of anilines is 1. The van der Waals surface area contributed by atoms with E-state index in [1.165, 1.54) is 0 Å². The summed E-state index contributed by atoms with van der Waals surface area (Å²) in [7, 11) is 0. The van der Waals surface area contributed by atoms with Crippen LogP contribution in [0.5, 0.6) is 0 Å². The zero-order valence-corrected chi connectivity index (χ0v) is 13.5. The number of hydrogen-bond donors (Lipinski definition) is 2. The molecular weight excluding hydrogens is 322 g/mol. The van der Waals surface area contributed by atoms with E-state index in [4.69, 9.17) is 5.73 Å². The smallest absolute Gasteiger partial charge is 0.251 e. The maximum Gasteiger partial charge on any atom is 0.251 e. The summed E-state index contributed by atoms with van der Waals surface area (Å²) in [6, 6.07) is 4.38. The van der Waals surface area contributed by atoms with Crippen molar-refractivity contribution < 1.29 is 9.59 Å². The van der Waals surface area contributed by atoms with Gasteiger partial charge in [0, 0.05) is 28.8 Å². The molecular formula is C14H20BrN3O2. The van der Waals surface area contributed by atoms with E-state index >= 15 is 0 Å². The minimum atomic E-state index is -0.563. The average molecular weight is 342 g/mol. The van der Waals surface area contributed by atoms with Crippen LogP contribution in [-0.4, -0.2) is 35.8 Å². The molecule has 0 spiro atoms. The van der Waals surface area contributed by atoms with Gasteiger partial charge in [0.05, 0.1) is 0 Å². The van der Waals surface area contributed by atoms with Crippen molar-refractivity contribution in [3.63, 3.8) is 0 Å². The van der Waals surface area contributed by atoms with Gasteiger partial charge in [0.25, 0.3) is 5.91 Å². The lowest BCUT2D eigenvalue weighted by atomic mass is 10.1. The number of carbonyl (C=O) groups is 2. The molecule has 0 fully saturated rings. The average Bonchev–Trinajstić information content (AvgIpc) is 2.42. The van der Waals surface area contributed by atoms with Crippen molar-refractivity contribution >= 4 is 33.4 Å². The Bertz CT molecular complexity index is 501. The normalized spacial score (nSPS) is 11.8. The fourth-order valence-electron chi connectivity index (χ4n) is 1.84. The Morgan fingerprint density at radius 2 is 1.95 bits per heavy atom. The van der Waals surface area contributed by atoms with Gasteiger partial charge in [0.1, 0.15) is 6.04 Å². The van der Waals surface area contributed by atoms with Gasteiger partial charge in [-0.1, -0.05) is 0 Å². The van der Waals surface area contributed by atoms with Gasteiger partial charge in [0.15, 0.2) is 0 Å². The van der Waals surface area contributed by atoms with Gasteiger partial charge in [-0.25, -0.2) is 0 Å². The van der Waals surface area contributed by atoms with Crippen LogP contribution in [0.25, 0.3) is 0 Å². The maximum atomic E-state index is 12.1. The zero-order chi connectivity index (χ0) is 15.3. The Morgan fingerprint density at radius 3 is 2.45 bits per heavy atom. The van der Waals surface area contributed by atoms with E-state index in [1.54, 1.807) is 30.0 Å². The number of carbonyl (C=O) groups excluding carboxylic acids is 2. The number of rotatable bonds is 5. The lowest BCUT2D eigenvalue weighted by molar-refractivity contribution is -0.132. The van der Waals surface area contributed by atoms with Crippen LogP contribution in [0, 0.1) is 0 Å². The van der Waals surface area contributed by atoms with Crippen LogP contribution >= 0.6 is 15.9 Å². The minimum absolute atomic E-state index is 0.0894. The zero-order valence-electron chi connectivity index (χ0n) is 11.9. The number of halogens is 1. The van der Waals surface area contributed by atoms with Gasteiger partial charge in [0.2, 0.25) is 5.91 Å². The molecule has 5 nitrogen and oxygen atoms in total. The summed E-state index contributed by atoms with van der Waals surface area (Å²) < 4.78 is 0.737. The predicted molar refractivity (Wildman–Crippen MR) is 83.4 cm³/mol. The third-order valence-corrected chi connectivity index (χ3v) is 3.77. The Kier molecular flexibility index (Phi) is 6.01. The molecule has 1 unspecified atom stereocenters. The van der Waals surface area contributed by atoms with E-state index in [-0.39, 0.29) is 11.8 Å². The molecule has 0 aliphatic heterocycles. The predicted octanol–water partition coefficient (Wildman–Crippen LogP) is 2.02. The lowest BCUT2D eigenvalue weighted by Gasteiger charge is -2.23. The highest BCUT2D eigenvalue weighted by molar-refractivity contribution is 9.10. The van der Waals surface area contributed by atoms with Crippen molar-refractivity contribution in [1.82, 2.24) is 10.2 Å². The topological polar surface area (TPSA) is 75.4 Å². The first-order valence-electron chi connectivity index (χ1n) is 6.55. The van der Waals surface area contributed by atoms with Crippen LogP contribution in [0.2, 0.25) is 0 Å². The molecule has 0 aliphatic carbocycles. The maximum absolute atomic E-state index is 12.1. The standard InChI is InChI=1S/C14H20BrN3O2/c1-4-18(5-2)14(20)9(3)17-13(19)10-6-7-11(15)12(16)8-10/h6-9H,4-5,16H2,1-3H3,(H,17,19). The molecule has 1 aromatic carbocycles. The molecule has 20 heavy (non-hydrogen) atoms. The summed E-state index contributed by atoms with van der Waals surface area (Å²) >= 11 is 3.27. The van der Waals surface area contributed by atoms with Gasteiger partial charge < -0.3 is 16.0 Å². The Labute approximate surface area is 127 Å². The van der Waals surface area contributed by atoms with Crippen LogP contribution in [0.1, 0.15) is 31.1 Å². The number of nitrogen functional groups attached to an aromatic ring is 1. The molecule has 3 N–H and O–H groups in total. The summed E-state index contributed by atoms with van der Waals surface area (Å²) in [4.78, 5) is 25.8. The summed E-state index contributed by atoms with van der Waals surface area (Å²) in [6.45, 7) is 6.75. The number of hydrogen-bond acceptors (Lipinski definition) is 3. The van der Waals surface area contributed by atoms with E-state index in [2.05, 4.69) is 21.2 Å². The van der Waals surface area contributed by atoms with E-state index in [1.807, 2.05) is 13.8 Å². The molecule has 2 amide bonds. The van der Waals surface area contributed by atoms with Gasteiger partial charge in [-0.2, -0.15) is 0 Å². The lowest BCUT2D eigenvalue weighted by Crippen LogP contribution is -2.46. The highest BCUT2D eigenvalue weighted by Gasteiger charge is 2.20. The number of nitrogens with one attached hydrogen (secondary N) is 1. The molecule has 110 valence electrons. The fraction of sp³-hybridized carbons (Fsp3) is 0.429. The molecule has 0 bridgehead atoms. The Morgan fingerprint density at radius 1 is 1.35 bits per heavy atom. The second-order valence-electron chi connectivity index (χ2n) is 4.44. The summed E-state index contributed by atoms with van der Waals surface area (Å²) in [5, 5.41) is 2.69. The van der Waals surface area contributed by atoms with Crippen LogP contribution < -0.4 is 11.1 Å². The molecule has 6 heteroatoms. The highest BCUT2D eigenvalue weighted by atomic mass is 79.9. The number of benzene rings is 1. The molecule has 0 heterocycles. The second kappa shape index (κ2) is 7.28. The van der Waals surface area contributed by atoms with Crippen LogP contribution in [0.15, 0.2) is 22.7 Å². The molecule has 0 saturated heterocycles. The molecule has 1 rings (SSSR count). The van der Waals surface area contributed by atoms with E-state index in [0.717, 1.165) is 4.47 Å². The van der Waals surface area contributed by atoms with Crippen LogP contribution in [0.3, 0.4) is 0 Å². The quantitative estimate of drug-likeness (QED) is 0.804. The van der Waals surface area contributed by atoms with Crippen LogP contribution in [-0.2, 0) is 4.79 Å². The molecule has 0 saturated carbocycles. The second-order valence-corrected chi connectivity index (χ2v) is 5.30. The molecule has 0 radical (unpaired) electrons. The van der Waals surface area contributed by atoms with Gasteiger partial charge >= 0.3 is 0 Å². The highest BCUT2D eigenvalue weighted by Crippen LogP contribution is 2.20. The van der Waals surface area contributed by atoms with Gasteiger partial charge in [-0.3, -0.25) is 9.59 Å². The van der Waals surface area contributed by atoms with Crippen molar-refractivity contribution in [2.24, 2.45) is 0 Å². The van der Waals surface area contributed by atoms with E-state index < -0.39 is 6.04 Å². The van der Waals surface area contributed by atoms with Crippen molar-refractivity contribution in [1.29, 1.82) is 0 Å². The van der Waals surface area contributed by atoms with E-state index in [0.29, 0.717) is 24.3 Å². The van der Waals surface area contributed by atoms with Crippen molar-refractivity contribution in [2.45, 2.75) is 26.8 Å². The Balaban J connectivity index is 2.74. The van der Waals surface area contributed by atoms with Gasteiger partial charge in [-0.05, 0) is 54.9 Å². The minimum Gasteiger partial charge on any atom is -0.398 e. The third-order valence-electron chi connectivity index (χ3n) is 3.05. The summed E-state index contributed by atoms with van der Waals surface area (Å²) in [5.41, 5.74) is 6.66.